The molecule has 0 aliphatic heterocycles. The van der Waals surface area contributed by atoms with E-state index in [9.17, 15) is 4.79 Å². The highest BCUT2D eigenvalue weighted by atomic mass is 16.2. The van der Waals surface area contributed by atoms with Crippen molar-refractivity contribution in [1.82, 2.24) is 9.80 Å². The minimum Gasteiger partial charge on any atom is -0.343 e. The second-order valence-electron chi connectivity index (χ2n) is 6.77. The fraction of sp³-hybridized carbons (Fsp3) is 0.938. The third-order valence-electron chi connectivity index (χ3n) is 4.73. The summed E-state index contributed by atoms with van der Waals surface area (Å²) >= 11 is 0. The zero-order valence-electron chi connectivity index (χ0n) is 13.9. The van der Waals surface area contributed by atoms with Crippen LogP contribution in [0.3, 0.4) is 0 Å². The highest BCUT2D eigenvalue weighted by Gasteiger charge is 2.36. The fourth-order valence-corrected chi connectivity index (χ4v) is 3.26. The van der Waals surface area contributed by atoms with Gasteiger partial charge < -0.3 is 15.5 Å². The summed E-state index contributed by atoms with van der Waals surface area (Å²) in [6.45, 7) is 9.18. The van der Waals surface area contributed by atoms with Gasteiger partial charge in [-0.25, -0.2) is 0 Å². The van der Waals surface area contributed by atoms with Crippen molar-refractivity contribution in [3.63, 3.8) is 0 Å². The molecule has 118 valence electrons. The average Bonchev–Trinajstić information content (AvgIpc) is 2.38. The van der Waals surface area contributed by atoms with E-state index in [-0.39, 0.29) is 12.0 Å². The Labute approximate surface area is 124 Å². The Hall–Kier alpha value is -0.610. The SMILES string of the molecule is CCN(CCCN(C)C)C(=O)C1CC(N)C(C)CC1C. The van der Waals surface area contributed by atoms with E-state index in [4.69, 9.17) is 5.73 Å². The van der Waals surface area contributed by atoms with Crippen LogP contribution in [0.25, 0.3) is 0 Å². The Morgan fingerprint density at radius 3 is 2.35 bits per heavy atom. The number of carbonyl (C=O) groups excluding carboxylic acids is 1. The normalized spacial score (nSPS) is 30.6. The van der Waals surface area contributed by atoms with Gasteiger partial charge in [-0.1, -0.05) is 13.8 Å². The number of carbonyl (C=O) groups is 1. The summed E-state index contributed by atoms with van der Waals surface area (Å²) in [4.78, 5) is 16.9. The third-order valence-corrected chi connectivity index (χ3v) is 4.73. The van der Waals surface area contributed by atoms with Crippen LogP contribution in [0.4, 0.5) is 0 Å². The molecule has 0 bridgehead atoms. The van der Waals surface area contributed by atoms with Gasteiger partial charge in [-0.05, 0) is 58.7 Å². The number of nitrogens with two attached hydrogens (primary N) is 1. The Kier molecular flexibility index (Phi) is 6.96. The molecule has 20 heavy (non-hydrogen) atoms. The molecule has 0 saturated heterocycles. The molecular formula is C16H33N3O. The molecule has 0 radical (unpaired) electrons. The monoisotopic (exact) mass is 283 g/mol. The van der Waals surface area contributed by atoms with Gasteiger partial charge in [0.1, 0.15) is 0 Å². The summed E-state index contributed by atoms with van der Waals surface area (Å²) in [5, 5.41) is 0. The summed E-state index contributed by atoms with van der Waals surface area (Å²) in [6.07, 6.45) is 2.97. The molecule has 1 amide bonds. The Morgan fingerprint density at radius 1 is 1.15 bits per heavy atom. The molecule has 1 saturated carbocycles. The molecular weight excluding hydrogens is 250 g/mol. The summed E-state index contributed by atoms with van der Waals surface area (Å²) in [7, 11) is 4.14. The van der Waals surface area contributed by atoms with Gasteiger partial charge in [0.15, 0.2) is 0 Å². The zero-order chi connectivity index (χ0) is 15.3. The van der Waals surface area contributed by atoms with Crippen molar-refractivity contribution in [3.8, 4) is 0 Å². The van der Waals surface area contributed by atoms with E-state index < -0.39 is 0 Å². The van der Waals surface area contributed by atoms with Crippen LogP contribution in [0, 0.1) is 17.8 Å². The van der Waals surface area contributed by atoms with Crippen LogP contribution in [0.15, 0.2) is 0 Å². The minimum absolute atomic E-state index is 0.125. The fourth-order valence-electron chi connectivity index (χ4n) is 3.26. The molecule has 1 rings (SSSR count). The van der Waals surface area contributed by atoms with Crippen LogP contribution < -0.4 is 5.73 Å². The van der Waals surface area contributed by atoms with E-state index in [1.54, 1.807) is 0 Å². The molecule has 2 N–H and O–H groups in total. The lowest BCUT2D eigenvalue weighted by atomic mass is 9.72. The highest BCUT2D eigenvalue weighted by molar-refractivity contribution is 5.79. The summed E-state index contributed by atoms with van der Waals surface area (Å²) in [5.41, 5.74) is 6.17. The number of amides is 1. The van der Waals surface area contributed by atoms with Crippen molar-refractivity contribution in [2.75, 3.05) is 33.7 Å². The van der Waals surface area contributed by atoms with Gasteiger partial charge in [-0.2, -0.15) is 0 Å². The maximum absolute atomic E-state index is 12.7. The smallest absolute Gasteiger partial charge is 0.225 e. The first-order valence-corrected chi connectivity index (χ1v) is 8.05. The second-order valence-corrected chi connectivity index (χ2v) is 6.77. The van der Waals surface area contributed by atoms with Crippen LogP contribution in [0.2, 0.25) is 0 Å². The molecule has 0 spiro atoms. The molecule has 1 aliphatic rings. The van der Waals surface area contributed by atoms with E-state index >= 15 is 0 Å². The quantitative estimate of drug-likeness (QED) is 0.808. The van der Waals surface area contributed by atoms with Crippen molar-refractivity contribution in [1.29, 1.82) is 0 Å². The van der Waals surface area contributed by atoms with Gasteiger partial charge in [-0.3, -0.25) is 4.79 Å². The summed E-state index contributed by atoms with van der Waals surface area (Å²) in [6, 6.07) is 0.181. The van der Waals surface area contributed by atoms with Crippen molar-refractivity contribution in [2.24, 2.45) is 23.5 Å². The molecule has 4 unspecified atom stereocenters. The highest BCUT2D eigenvalue weighted by Crippen LogP contribution is 2.34. The first-order valence-electron chi connectivity index (χ1n) is 8.05. The van der Waals surface area contributed by atoms with Crippen molar-refractivity contribution >= 4 is 5.91 Å². The number of hydrogen-bond donors (Lipinski definition) is 1. The third kappa shape index (κ3) is 4.74. The maximum Gasteiger partial charge on any atom is 0.225 e. The van der Waals surface area contributed by atoms with Gasteiger partial charge in [0, 0.05) is 25.0 Å². The summed E-state index contributed by atoms with van der Waals surface area (Å²) < 4.78 is 0. The van der Waals surface area contributed by atoms with Gasteiger partial charge in [-0.15, -0.1) is 0 Å². The standard InChI is InChI=1S/C16H33N3O/c1-6-19(9-7-8-18(4)5)16(20)14-11-15(17)13(3)10-12(14)2/h12-15H,6-11,17H2,1-5H3. The molecule has 4 nitrogen and oxygen atoms in total. The average molecular weight is 283 g/mol. The number of nitrogens with zero attached hydrogens (tertiary/aromatic N) is 2. The molecule has 0 aromatic rings. The molecule has 0 aromatic heterocycles. The van der Waals surface area contributed by atoms with E-state index in [0.29, 0.717) is 17.7 Å². The molecule has 4 heteroatoms. The topological polar surface area (TPSA) is 49.6 Å². The Bertz CT molecular complexity index is 306. The molecule has 0 aromatic carbocycles. The van der Waals surface area contributed by atoms with Crippen LogP contribution in [-0.4, -0.2) is 55.5 Å². The second kappa shape index (κ2) is 7.99. The number of hydrogen-bond acceptors (Lipinski definition) is 3. The lowest BCUT2D eigenvalue weighted by Crippen LogP contribution is -2.47. The lowest BCUT2D eigenvalue weighted by molar-refractivity contribution is -0.138. The maximum atomic E-state index is 12.7. The predicted molar refractivity (Wildman–Crippen MR) is 84.5 cm³/mol. The first kappa shape index (κ1) is 17.4. The van der Waals surface area contributed by atoms with E-state index in [1.807, 2.05) is 4.90 Å². The van der Waals surface area contributed by atoms with Gasteiger partial charge in [0.2, 0.25) is 5.91 Å². The number of rotatable bonds is 6. The van der Waals surface area contributed by atoms with Gasteiger partial charge in [0.05, 0.1) is 0 Å². The molecule has 4 atom stereocenters. The largest absolute Gasteiger partial charge is 0.343 e. The predicted octanol–water partition coefficient (Wildman–Crippen LogP) is 1.80. The van der Waals surface area contributed by atoms with Crippen molar-refractivity contribution in [3.05, 3.63) is 0 Å². The van der Waals surface area contributed by atoms with Gasteiger partial charge >= 0.3 is 0 Å². The van der Waals surface area contributed by atoms with Gasteiger partial charge in [0.25, 0.3) is 0 Å². The van der Waals surface area contributed by atoms with E-state index in [0.717, 1.165) is 38.9 Å². The Morgan fingerprint density at radius 2 is 1.80 bits per heavy atom. The lowest BCUT2D eigenvalue weighted by Gasteiger charge is -2.38. The van der Waals surface area contributed by atoms with Crippen LogP contribution >= 0.6 is 0 Å². The van der Waals surface area contributed by atoms with E-state index in [2.05, 4.69) is 39.8 Å². The van der Waals surface area contributed by atoms with Crippen LogP contribution in [0.5, 0.6) is 0 Å². The molecule has 1 fully saturated rings. The van der Waals surface area contributed by atoms with Crippen LogP contribution in [-0.2, 0) is 4.79 Å². The summed E-state index contributed by atoms with van der Waals surface area (Å²) in [5.74, 6) is 1.44. The van der Waals surface area contributed by atoms with Crippen molar-refractivity contribution < 1.29 is 4.79 Å². The molecule has 0 heterocycles. The van der Waals surface area contributed by atoms with Crippen LogP contribution in [0.1, 0.15) is 40.0 Å². The Balaban J connectivity index is 2.56. The first-order chi connectivity index (χ1) is 9.36. The van der Waals surface area contributed by atoms with Crippen molar-refractivity contribution in [2.45, 2.75) is 46.1 Å². The zero-order valence-corrected chi connectivity index (χ0v) is 13.9. The van der Waals surface area contributed by atoms with E-state index in [1.165, 1.54) is 0 Å². The minimum atomic E-state index is 0.125. The molecule has 1 aliphatic carbocycles.